The zero-order chi connectivity index (χ0) is 21.4. The Morgan fingerprint density at radius 1 is 1.28 bits per heavy atom. The largest absolute Gasteiger partial charge is 0.484 e. The Morgan fingerprint density at radius 2 is 2.03 bits per heavy atom. The molecule has 2 amide bonds. The lowest BCUT2D eigenvalue weighted by Crippen LogP contribution is -2.31. The smallest absolute Gasteiger partial charge is 0.262 e. The summed E-state index contributed by atoms with van der Waals surface area (Å²) in [6.45, 7) is 3.44. The molecule has 1 aromatic carbocycles. The van der Waals surface area contributed by atoms with Gasteiger partial charge in [0.05, 0.1) is 18.3 Å². The van der Waals surface area contributed by atoms with Crippen LogP contribution in [-0.2, 0) is 4.79 Å². The van der Waals surface area contributed by atoms with E-state index in [0.717, 1.165) is 18.3 Å². The number of rotatable bonds is 9. The van der Waals surface area contributed by atoms with Crippen LogP contribution in [0, 0.1) is 11.6 Å². The molecular formula is C19H18ClF2N3O4. The van der Waals surface area contributed by atoms with E-state index in [4.69, 9.17) is 21.1 Å². The average molecular weight is 426 g/mol. The first-order chi connectivity index (χ1) is 13.8. The molecule has 29 heavy (non-hydrogen) atoms. The lowest BCUT2D eigenvalue weighted by atomic mass is 10.2. The Kier molecular flexibility index (Phi) is 7.90. The number of halogens is 3. The summed E-state index contributed by atoms with van der Waals surface area (Å²) in [6.07, 6.45) is 1.16. The van der Waals surface area contributed by atoms with E-state index in [1.165, 1.54) is 19.2 Å². The van der Waals surface area contributed by atoms with Crippen LogP contribution in [0.5, 0.6) is 11.6 Å². The van der Waals surface area contributed by atoms with Crippen molar-refractivity contribution in [3.05, 3.63) is 65.0 Å². The minimum absolute atomic E-state index is 0.00758. The molecule has 2 rings (SSSR count). The van der Waals surface area contributed by atoms with E-state index in [9.17, 15) is 18.4 Å². The molecule has 10 heteroatoms. The van der Waals surface area contributed by atoms with Gasteiger partial charge in [0.25, 0.3) is 11.8 Å². The number of carbonyl (C=O) groups is 2. The van der Waals surface area contributed by atoms with Crippen molar-refractivity contribution in [2.75, 3.05) is 20.3 Å². The van der Waals surface area contributed by atoms with Crippen LogP contribution < -0.4 is 20.1 Å². The SMILES string of the molecule is C=C(CCNC(=O)c1cc(F)cnc1OC)NC(=O)COc1ccc(Cl)c(F)c1. The zero-order valence-electron chi connectivity index (χ0n) is 15.4. The Bertz CT molecular complexity index is 924. The third-order valence-corrected chi connectivity index (χ3v) is 3.85. The number of nitrogens with one attached hydrogen (secondary N) is 2. The Balaban J connectivity index is 1.75. The molecule has 0 unspecified atom stereocenters. The fraction of sp³-hybridized carbons (Fsp3) is 0.211. The maximum Gasteiger partial charge on any atom is 0.262 e. The first-order valence-electron chi connectivity index (χ1n) is 8.33. The van der Waals surface area contributed by atoms with Gasteiger partial charge in [-0.15, -0.1) is 0 Å². The quantitative estimate of drug-likeness (QED) is 0.645. The monoisotopic (exact) mass is 425 g/mol. The first-order valence-corrected chi connectivity index (χ1v) is 8.71. The number of methoxy groups -OCH3 is 1. The van der Waals surface area contributed by atoms with Crippen LogP contribution in [-0.4, -0.2) is 37.1 Å². The number of hydrogen-bond acceptors (Lipinski definition) is 5. The molecule has 0 spiro atoms. The molecule has 0 aliphatic carbocycles. The number of carbonyl (C=O) groups excluding carboxylic acids is 2. The van der Waals surface area contributed by atoms with Crippen LogP contribution in [0.15, 0.2) is 42.7 Å². The number of nitrogens with zero attached hydrogens (tertiary/aromatic N) is 1. The molecule has 0 atom stereocenters. The Labute approximate surface area is 170 Å². The van der Waals surface area contributed by atoms with Gasteiger partial charge in [0.15, 0.2) is 6.61 Å². The molecule has 154 valence electrons. The first kappa shape index (κ1) is 22.1. The van der Waals surface area contributed by atoms with Gasteiger partial charge in [-0.05, 0) is 18.2 Å². The molecule has 0 aliphatic heterocycles. The van der Waals surface area contributed by atoms with E-state index >= 15 is 0 Å². The van der Waals surface area contributed by atoms with E-state index < -0.39 is 23.4 Å². The molecule has 1 aromatic heterocycles. The van der Waals surface area contributed by atoms with Crippen molar-refractivity contribution >= 4 is 23.4 Å². The van der Waals surface area contributed by atoms with Crippen molar-refractivity contribution in [3.8, 4) is 11.6 Å². The lowest BCUT2D eigenvalue weighted by molar-refractivity contribution is -0.122. The molecule has 0 radical (unpaired) electrons. The van der Waals surface area contributed by atoms with Gasteiger partial charge in [-0.25, -0.2) is 13.8 Å². The van der Waals surface area contributed by atoms with Crippen LogP contribution in [0.3, 0.4) is 0 Å². The average Bonchev–Trinajstić information content (AvgIpc) is 2.68. The molecule has 0 fully saturated rings. The zero-order valence-corrected chi connectivity index (χ0v) is 16.2. The van der Waals surface area contributed by atoms with Crippen molar-refractivity contribution in [1.29, 1.82) is 0 Å². The van der Waals surface area contributed by atoms with Gasteiger partial charge < -0.3 is 20.1 Å². The van der Waals surface area contributed by atoms with Gasteiger partial charge in [-0.1, -0.05) is 18.2 Å². The molecule has 0 aliphatic rings. The van der Waals surface area contributed by atoms with Gasteiger partial charge in [0, 0.05) is 24.7 Å². The molecule has 7 nitrogen and oxygen atoms in total. The van der Waals surface area contributed by atoms with Gasteiger partial charge in [0.1, 0.15) is 22.9 Å². The molecule has 0 bridgehead atoms. The summed E-state index contributed by atoms with van der Waals surface area (Å²) in [5, 5.41) is 4.99. The van der Waals surface area contributed by atoms with Gasteiger partial charge in [0.2, 0.25) is 5.88 Å². The number of pyridine rings is 1. The summed E-state index contributed by atoms with van der Waals surface area (Å²) < 4.78 is 36.7. The highest BCUT2D eigenvalue weighted by Gasteiger charge is 2.15. The lowest BCUT2D eigenvalue weighted by Gasteiger charge is -2.11. The van der Waals surface area contributed by atoms with E-state index in [2.05, 4.69) is 22.2 Å². The highest BCUT2D eigenvalue weighted by Crippen LogP contribution is 2.20. The number of hydrogen-bond donors (Lipinski definition) is 2. The summed E-state index contributed by atoms with van der Waals surface area (Å²) in [5.74, 6) is -2.28. The molecule has 2 N–H and O–H groups in total. The summed E-state index contributed by atoms with van der Waals surface area (Å²) in [5.41, 5.74) is 0.274. The fourth-order valence-corrected chi connectivity index (χ4v) is 2.30. The second-order valence-corrected chi connectivity index (χ2v) is 6.14. The molecule has 1 heterocycles. The number of benzene rings is 1. The predicted molar refractivity (Wildman–Crippen MR) is 102 cm³/mol. The van der Waals surface area contributed by atoms with Gasteiger partial charge in [-0.2, -0.15) is 0 Å². The summed E-state index contributed by atoms with van der Waals surface area (Å²) in [6, 6.07) is 4.82. The van der Waals surface area contributed by atoms with Crippen molar-refractivity contribution in [2.45, 2.75) is 6.42 Å². The van der Waals surface area contributed by atoms with Crippen molar-refractivity contribution in [3.63, 3.8) is 0 Å². The maximum atomic E-state index is 13.3. The minimum Gasteiger partial charge on any atom is -0.484 e. The third kappa shape index (κ3) is 6.72. The summed E-state index contributed by atoms with van der Waals surface area (Å²) in [7, 11) is 1.31. The van der Waals surface area contributed by atoms with E-state index in [1.807, 2.05) is 0 Å². The Morgan fingerprint density at radius 3 is 2.72 bits per heavy atom. The fourth-order valence-electron chi connectivity index (χ4n) is 2.19. The van der Waals surface area contributed by atoms with Gasteiger partial charge in [-0.3, -0.25) is 9.59 Å². The number of aromatic nitrogens is 1. The van der Waals surface area contributed by atoms with Crippen molar-refractivity contribution in [2.24, 2.45) is 0 Å². The van der Waals surface area contributed by atoms with Gasteiger partial charge >= 0.3 is 0 Å². The second kappa shape index (κ2) is 10.4. The van der Waals surface area contributed by atoms with E-state index in [0.29, 0.717) is 5.70 Å². The third-order valence-electron chi connectivity index (χ3n) is 3.55. The second-order valence-electron chi connectivity index (χ2n) is 5.73. The van der Waals surface area contributed by atoms with Crippen molar-refractivity contribution < 1.29 is 27.8 Å². The summed E-state index contributed by atoms with van der Waals surface area (Å²) in [4.78, 5) is 27.6. The molecule has 0 saturated heterocycles. The molecular weight excluding hydrogens is 408 g/mol. The normalized spacial score (nSPS) is 10.2. The van der Waals surface area contributed by atoms with E-state index in [-0.39, 0.29) is 41.8 Å². The predicted octanol–water partition coefficient (Wildman–Crippen LogP) is 2.85. The van der Waals surface area contributed by atoms with Crippen molar-refractivity contribution in [1.82, 2.24) is 15.6 Å². The molecule has 2 aromatic rings. The van der Waals surface area contributed by atoms with E-state index in [1.54, 1.807) is 0 Å². The minimum atomic E-state index is -0.673. The molecule has 0 saturated carbocycles. The van der Waals surface area contributed by atoms with Crippen LogP contribution in [0.25, 0.3) is 0 Å². The standard InChI is InChI=1S/C19H18ClF2N3O4/c1-11(25-17(26)10-29-13-3-4-15(20)16(22)8-13)5-6-23-18(27)14-7-12(21)9-24-19(14)28-2/h3-4,7-9H,1,5-6,10H2,2H3,(H,23,27)(H,25,26). The van der Waals surface area contributed by atoms with Crippen LogP contribution in [0.1, 0.15) is 16.8 Å². The highest BCUT2D eigenvalue weighted by molar-refractivity contribution is 6.30. The Hall–Kier alpha value is -3.20. The van der Waals surface area contributed by atoms with Crippen LogP contribution >= 0.6 is 11.6 Å². The maximum absolute atomic E-state index is 13.3. The highest BCUT2D eigenvalue weighted by atomic mass is 35.5. The van der Waals surface area contributed by atoms with Crippen LogP contribution in [0.4, 0.5) is 8.78 Å². The number of ether oxygens (including phenoxy) is 2. The van der Waals surface area contributed by atoms with Crippen LogP contribution in [0.2, 0.25) is 5.02 Å². The summed E-state index contributed by atoms with van der Waals surface area (Å²) >= 11 is 5.57. The number of amides is 2. The topological polar surface area (TPSA) is 89.5 Å².